The van der Waals surface area contributed by atoms with Gasteiger partial charge in [-0.05, 0) is 38.5 Å². The van der Waals surface area contributed by atoms with Crippen LogP contribution in [0.15, 0.2) is 48.6 Å². The number of ether oxygens (including phenoxy) is 3. The van der Waals surface area contributed by atoms with Crippen molar-refractivity contribution in [3.63, 3.8) is 0 Å². The molecular formula is C56H100O6. The van der Waals surface area contributed by atoms with Crippen LogP contribution in [0.2, 0.25) is 0 Å². The Bertz CT molecular complexity index is 1090. The molecule has 0 saturated carbocycles. The van der Waals surface area contributed by atoms with Gasteiger partial charge in [-0.3, -0.25) is 14.4 Å². The van der Waals surface area contributed by atoms with E-state index < -0.39 is 6.10 Å². The van der Waals surface area contributed by atoms with Crippen LogP contribution >= 0.6 is 0 Å². The minimum absolute atomic E-state index is 0.0853. The number of allylic oxidation sites excluding steroid dienone is 8. The van der Waals surface area contributed by atoms with Gasteiger partial charge in [0, 0.05) is 19.3 Å². The second kappa shape index (κ2) is 51.0. The molecular weight excluding hydrogens is 769 g/mol. The third kappa shape index (κ3) is 48.4. The third-order valence-electron chi connectivity index (χ3n) is 11.7. The van der Waals surface area contributed by atoms with Crippen LogP contribution in [0.1, 0.15) is 271 Å². The number of hydrogen-bond acceptors (Lipinski definition) is 6. The summed E-state index contributed by atoms with van der Waals surface area (Å²) in [5.41, 5.74) is 0. The zero-order chi connectivity index (χ0) is 45.1. The highest BCUT2D eigenvalue weighted by Crippen LogP contribution is 2.16. The topological polar surface area (TPSA) is 78.9 Å². The summed E-state index contributed by atoms with van der Waals surface area (Å²) in [6.07, 6.45) is 61.0. The Balaban J connectivity index is 4.35. The van der Waals surface area contributed by atoms with Gasteiger partial charge < -0.3 is 14.2 Å². The summed E-state index contributed by atoms with van der Waals surface area (Å²) < 4.78 is 16.8. The van der Waals surface area contributed by atoms with Crippen molar-refractivity contribution in [3.8, 4) is 0 Å². The van der Waals surface area contributed by atoms with E-state index in [1.54, 1.807) is 0 Å². The largest absolute Gasteiger partial charge is 0.462 e. The number of hydrogen-bond donors (Lipinski definition) is 0. The molecule has 0 aliphatic rings. The SMILES string of the molecule is CC\C=C/C=C\C=C/C=C\CCCCCC(=O)OC(COC(=O)CCCCCCCCCCCCCCC)COC(=O)CCCCCCCCCCCCCCCCCCCC. The molecule has 6 nitrogen and oxygen atoms in total. The molecule has 0 aromatic carbocycles. The molecule has 0 aliphatic carbocycles. The Kier molecular flexibility index (Phi) is 48.8. The fraction of sp³-hybridized carbons (Fsp3) is 0.804. The molecule has 0 fully saturated rings. The van der Waals surface area contributed by atoms with Gasteiger partial charge in [0.25, 0.3) is 0 Å². The summed E-state index contributed by atoms with van der Waals surface area (Å²) in [6, 6.07) is 0. The van der Waals surface area contributed by atoms with Crippen LogP contribution in [0, 0.1) is 0 Å². The first kappa shape index (κ1) is 59.4. The molecule has 360 valence electrons. The molecule has 0 bridgehead atoms. The molecule has 0 saturated heterocycles. The van der Waals surface area contributed by atoms with E-state index in [-0.39, 0.29) is 37.5 Å². The van der Waals surface area contributed by atoms with Crippen LogP contribution in [-0.2, 0) is 28.6 Å². The van der Waals surface area contributed by atoms with Crippen molar-refractivity contribution in [2.24, 2.45) is 0 Å². The molecule has 0 aromatic rings. The van der Waals surface area contributed by atoms with Crippen molar-refractivity contribution in [2.45, 2.75) is 277 Å². The molecule has 0 N–H and O–H groups in total. The van der Waals surface area contributed by atoms with Crippen LogP contribution < -0.4 is 0 Å². The highest BCUT2D eigenvalue weighted by atomic mass is 16.6. The summed E-state index contributed by atoms with van der Waals surface area (Å²) in [5.74, 6) is -0.913. The Labute approximate surface area is 384 Å². The summed E-state index contributed by atoms with van der Waals surface area (Å²) in [4.78, 5) is 38.0. The van der Waals surface area contributed by atoms with Crippen molar-refractivity contribution in [1.29, 1.82) is 0 Å². The molecule has 0 aromatic heterocycles. The lowest BCUT2D eigenvalue weighted by Gasteiger charge is -2.18. The number of carbonyl (C=O) groups excluding carboxylic acids is 3. The average molecular weight is 869 g/mol. The van der Waals surface area contributed by atoms with E-state index in [9.17, 15) is 14.4 Å². The minimum Gasteiger partial charge on any atom is -0.462 e. The summed E-state index contributed by atoms with van der Waals surface area (Å²) >= 11 is 0. The van der Waals surface area contributed by atoms with Crippen molar-refractivity contribution < 1.29 is 28.6 Å². The molecule has 1 atom stereocenters. The van der Waals surface area contributed by atoms with E-state index in [0.717, 1.165) is 70.6 Å². The first-order valence-electron chi connectivity index (χ1n) is 26.7. The molecule has 0 heterocycles. The Morgan fingerprint density at radius 3 is 0.984 bits per heavy atom. The molecule has 6 heteroatoms. The highest BCUT2D eigenvalue weighted by Gasteiger charge is 2.19. The lowest BCUT2D eigenvalue weighted by molar-refractivity contribution is -0.167. The number of rotatable bonds is 48. The van der Waals surface area contributed by atoms with E-state index in [2.05, 4.69) is 39.0 Å². The van der Waals surface area contributed by atoms with Crippen molar-refractivity contribution in [3.05, 3.63) is 48.6 Å². The number of unbranched alkanes of at least 4 members (excludes halogenated alkanes) is 32. The van der Waals surface area contributed by atoms with Gasteiger partial charge in [0.05, 0.1) is 0 Å². The van der Waals surface area contributed by atoms with E-state index >= 15 is 0 Å². The Hall–Kier alpha value is -2.63. The summed E-state index contributed by atoms with van der Waals surface area (Å²) in [5, 5.41) is 0. The second-order valence-corrected chi connectivity index (χ2v) is 17.9. The van der Waals surface area contributed by atoms with Crippen LogP contribution in [0.5, 0.6) is 0 Å². The number of esters is 3. The van der Waals surface area contributed by atoms with Crippen molar-refractivity contribution in [1.82, 2.24) is 0 Å². The van der Waals surface area contributed by atoms with Gasteiger partial charge >= 0.3 is 17.9 Å². The maximum Gasteiger partial charge on any atom is 0.306 e. The first-order valence-corrected chi connectivity index (χ1v) is 26.7. The highest BCUT2D eigenvalue weighted by molar-refractivity contribution is 5.71. The summed E-state index contributed by atoms with van der Waals surface area (Å²) in [6.45, 7) is 6.49. The van der Waals surface area contributed by atoms with Gasteiger partial charge in [0.1, 0.15) is 13.2 Å². The fourth-order valence-electron chi connectivity index (χ4n) is 7.69. The average Bonchev–Trinajstić information content (AvgIpc) is 3.27. The fourth-order valence-corrected chi connectivity index (χ4v) is 7.69. The second-order valence-electron chi connectivity index (χ2n) is 17.9. The maximum atomic E-state index is 12.8. The zero-order valence-electron chi connectivity index (χ0n) is 41.1. The molecule has 0 rings (SSSR count). The van der Waals surface area contributed by atoms with E-state index in [1.807, 2.05) is 30.4 Å². The van der Waals surface area contributed by atoms with Gasteiger partial charge in [-0.1, -0.05) is 262 Å². The minimum atomic E-state index is -0.788. The van der Waals surface area contributed by atoms with Crippen LogP contribution in [0.4, 0.5) is 0 Å². The van der Waals surface area contributed by atoms with Gasteiger partial charge in [0.2, 0.25) is 0 Å². The third-order valence-corrected chi connectivity index (χ3v) is 11.7. The standard InChI is InChI=1S/C56H100O6/c1-4-7-10-13-16-19-22-25-26-27-28-29-32-34-37-40-43-46-49-55(58)61-52-53(62-56(59)50-47-44-41-38-35-31-24-21-18-15-12-9-6-3)51-60-54(57)48-45-42-39-36-33-30-23-20-17-14-11-8-5-2/h9,12,15,18,21,24,31,35,53H,4-8,10-11,13-14,16-17,19-20,22-23,25-30,32-34,36-52H2,1-3H3/b12-9-,18-15-,24-21-,35-31-. The predicted octanol–water partition coefficient (Wildman–Crippen LogP) is 17.5. The quantitative estimate of drug-likeness (QED) is 0.0262. The predicted molar refractivity (Wildman–Crippen MR) is 265 cm³/mol. The van der Waals surface area contributed by atoms with Gasteiger partial charge in [-0.2, -0.15) is 0 Å². The van der Waals surface area contributed by atoms with Gasteiger partial charge in [-0.25, -0.2) is 0 Å². The lowest BCUT2D eigenvalue weighted by Crippen LogP contribution is -2.30. The van der Waals surface area contributed by atoms with Crippen LogP contribution in [0.3, 0.4) is 0 Å². The maximum absolute atomic E-state index is 12.8. The monoisotopic (exact) mass is 869 g/mol. The molecule has 0 spiro atoms. The molecule has 0 radical (unpaired) electrons. The smallest absolute Gasteiger partial charge is 0.306 e. The van der Waals surface area contributed by atoms with Crippen LogP contribution in [-0.4, -0.2) is 37.2 Å². The Morgan fingerprint density at radius 2 is 0.629 bits per heavy atom. The van der Waals surface area contributed by atoms with Crippen LogP contribution in [0.25, 0.3) is 0 Å². The Morgan fingerprint density at radius 1 is 0.339 bits per heavy atom. The molecule has 0 amide bonds. The number of carbonyl (C=O) groups is 3. The van der Waals surface area contributed by atoms with Crippen molar-refractivity contribution >= 4 is 17.9 Å². The van der Waals surface area contributed by atoms with E-state index in [0.29, 0.717) is 12.8 Å². The lowest BCUT2D eigenvalue weighted by atomic mass is 10.0. The first-order chi connectivity index (χ1) is 30.5. The molecule has 1 unspecified atom stereocenters. The van der Waals surface area contributed by atoms with E-state index in [4.69, 9.17) is 14.2 Å². The normalized spacial score (nSPS) is 12.4. The summed E-state index contributed by atoms with van der Waals surface area (Å²) in [7, 11) is 0. The van der Waals surface area contributed by atoms with Crippen molar-refractivity contribution in [2.75, 3.05) is 13.2 Å². The molecule has 62 heavy (non-hydrogen) atoms. The molecule has 0 aliphatic heterocycles. The zero-order valence-corrected chi connectivity index (χ0v) is 41.1. The van der Waals surface area contributed by atoms with Gasteiger partial charge in [0.15, 0.2) is 6.10 Å². The van der Waals surface area contributed by atoms with E-state index in [1.165, 1.54) is 161 Å². The van der Waals surface area contributed by atoms with Gasteiger partial charge in [-0.15, -0.1) is 0 Å².